The third-order valence-electron chi connectivity index (χ3n) is 2.41. The van der Waals surface area contributed by atoms with Gasteiger partial charge in [-0.05, 0) is 11.5 Å². The molecule has 0 saturated carbocycles. The number of H-pyrrole nitrogens is 1. The molecule has 2 N–H and O–H groups in total. The summed E-state index contributed by atoms with van der Waals surface area (Å²) in [5.74, 6) is -2.99. The highest BCUT2D eigenvalue weighted by molar-refractivity contribution is 5.83. The van der Waals surface area contributed by atoms with Crippen molar-refractivity contribution >= 4 is 10.9 Å². The number of aliphatic hydroxyl groups excluding tert-OH is 1. The first-order valence-corrected chi connectivity index (χ1v) is 4.70. The van der Waals surface area contributed by atoms with Gasteiger partial charge in [0.15, 0.2) is 0 Å². The smallest absolute Gasteiger partial charge is 0.277 e. The van der Waals surface area contributed by atoms with Crippen molar-refractivity contribution in [2.75, 3.05) is 6.61 Å². The topological polar surface area (TPSA) is 36.0 Å². The van der Waals surface area contributed by atoms with Crippen molar-refractivity contribution in [1.82, 2.24) is 4.98 Å². The van der Waals surface area contributed by atoms with Gasteiger partial charge in [0, 0.05) is 24.8 Å². The standard InChI is InChI=1S/C11H11F2NO/c12-11(13,5-7-15)9-3-1-2-8-4-6-14-10(8)9/h1-4,6,14-15H,5,7H2. The minimum atomic E-state index is -2.99. The molecule has 0 atom stereocenters. The molecular weight excluding hydrogens is 200 g/mol. The van der Waals surface area contributed by atoms with Gasteiger partial charge < -0.3 is 10.1 Å². The third kappa shape index (κ3) is 1.72. The highest BCUT2D eigenvalue weighted by Crippen LogP contribution is 2.35. The van der Waals surface area contributed by atoms with E-state index in [4.69, 9.17) is 5.11 Å². The molecule has 2 aromatic rings. The number of rotatable bonds is 3. The molecule has 0 saturated heterocycles. The number of alkyl halides is 2. The predicted molar refractivity (Wildman–Crippen MR) is 53.9 cm³/mol. The summed E-state index contributed by atoms with van der Waals surface area (Å²) in [5, 5.41) is 9.35. The molecule has 0 bridgehead atoms. The molecular formula is C11H11F2NO. The lowest BCUT2D eigenvalue weighted by atomic mass is 10.0. The van der Waals surface area contributed by atoms with Crippen LogP contribution in [-0.4, -0.2) is 16.7 Å². The maximum atomic E-state index is 13.6. The van der Waals surface area contributed by atoms with Crippen LogP contribution < -0.4 is 0 Å². The van der Waals surface area contributed by atoms with Gasteiger partial charge in [-0.25, -0.2) is 8.78 Å². The zero-order valence-corrected chi connectivity index (χ0v) is 8.00. The number of aromatic nitrogens is 1. The van der Waals surface area contributed by atoms with Crippen LogP contribution in [0.5, 0.6) is 0 Å². The van der Waals surface area contributed by atoms with Crippen LogP contribution in [-0.2, 0) is 5.92 Å². The van der Waals surface area contributed by atoms with Gasteiger partial charge in [0.25, 0.3) is 5.92 Å². The van der Waals surface area contributed by atoms with Crippen molar-refractivity contribution in [2.24, 2.45) is 0 Å². The number of benzene rings is 1. The number of hydrogen-bond acceptors (Lipinski definition) is 1. The first kappa shape index (κ1) is 10.1. The van der Waals surface area contributed by atoms with Crippen LogP contribution in [0.1, 0.15) is 12.0 Å². The van der Waals surface area contributed by atoms with Crippen LogP contribution >= 0.6 is 0 Å². The first-order chi connectivity index (χ1) is 7.15. The van der Waals surface area contributed by atoms with Crippen molar-refractivity contribution in [1.29, 1.82) is 0 Å². The van der Waals surface area contributed by atoms with Crippen molar-refractivity contribution in [3.63, 3.8) is 0 Å². The lowest BCUT2D eigenvalue weighted by Crippen LogP contribution is -2.15. The van der Waals surface area contributed by atoms with Crippen LogP contribution in [0, 0.1) is 0 Å². The zero-order valence-electron chi connectivity index (χ0n) is 8.00. The van der Waals surface area contributed by atoms with Crippen LogP contribution in [0.25, 0.3) is 10.9 Å². The molecule has 1 heterocycles. The summed E-state index contributed by atoms with van der Waals surface area (Å²) in [6, 6.07) is 6.49. The van der Waals surface area contributed by atoms with E-state index in [0.717, 1.165) is 5.39 Å². The Bertz CT molecular complexity index is 464. The molecule has 80 valence electrons. The van der Waals surface area contributed by atoms with E-state index >= 15 is 0 Å². The SMILES string of the molecule is OCCC(F)(F)c1cccc2cc[nH]c12. The Morgan fingerprint density at radius 2 is 2.07 bits per heavy atom. The number of halogens is 2. The molecule has 0 fully saturated rings. The Hall–Kier alpha value is -1.42. The number of nitrogens with one attached hydrogen (secondary N) is 1. The minimum Gasteiger partial charge on any atom is -0.396 e. The van der Waals surface area contributed by atoms with Gasteiger partial charge in [-0.3, -0.25) is 0 Å². The van der Waals surface area contributed by atoms with Gasteiger partial charge in [0.2, 0.25) is 0 Å². The fourth-order valence-electron chi connectivity index (χ4n) is 1.66. The Morgan fingerprint density at radius 1 is 1.27 bits per heavy atom. The maximum Gasteiger partial charge on any atom is 0.277 e. The van der Waals surface area contributed by atoms with Gasteiger partial charge in [-0.15, -0.1) is 0 Å². The fourth-order valence-corrected chi connectivity index (χ4v) is 1.66. The van der Waals surface area contributed by atoms with Crippen molar-refractivity contribution in [3.05, 3.63) is 36.0 Å². The predicted octanol–water partition coefficient (Wildman–Crippen LogP) is 2.64. The van der Waals surface area contributed by atoms with Gasteiger partial charge in [0.05, 0.1) is 5.52 Å². The van der Waals surface area contributed by atoms with Crippen molar-refractivity contribution in [3.8, 4) is 0 Å². The Kier molecular flexibility index (Phi) is 2.44. The lowest BCUT2D eigenvalue weighted by molar-refractivity contribution is -0.0256. The molecule has 15 heavy (non-hydrogen) atoms. The van der Waals surface area contributed by atoms with Crippen LogP contribution in [0.2, 0.25) is 0 Å². The summed E-state index contributed by atoms with van der Waals surface area (Å²) in [6.07, 6.45) is 1.08. The Balaban J connectivity index is 2.55. The molecule has 0 aliphatic rings. The summed E-state index contributed by atoms with van der Waals surface area (Å²) in [4.78, 5) is 2.79. The molecule has 0 aliphatic heterocycles. The number of fused-ring (bicyclic) bond motifs is 1. The van der Waals surface area contributed by atoms with E-state index in [0.29, 0.717) is 5.52 Å². The highest BCUT2D eigenvalue weighted by atomic mass is 19.3. The summed E-state index contributed by atoms with van der Waals surface area (Å²) < 4.78 is 27.2. The summed E-state index contributed by atoms with van der Waals surface area (Å²) in [7, 11) is 0. The maximum absolute atomic E-state index is 13.6. The summed E-state index contributed by atoms with van der Waals surface area (Å²) in [6.45, 7) is -0.524. The first-order valence-electron chi connectivity index (χ1n) is 4.70. The highest BCUT2D eigenvalue weighted by Gasteiger charge is 2.32. The van der Waals surface area contributed by atoms with Gasteiger partial charge in [-0.1, -0.05) is 18.2 Å². The van der Waals surface area contributed by atoms with Crippen LogP contribution in [0.15, 0.2) is 30.5 Å². The van der Waals surface area contributed by atoms with Crippen LogP contribution in [0.3, 0.4) is 0 Å². The third-order valence-corrected chi connectivity index (χ3v) is 2.41. The second-order valence-electron chi connectivity index (χ2n) is 3.43. The Morgan fingerprint density at radius 3 is 2.80 bits per heavy atom. The van der Waals surface area contributed by atoms with E-state index in [2.05, 4.69) is 4.98 Å². The average molecular weight is 211 g/mol. The second kappa shape index (κ2) is 3.62. The van der Waals surface area contributed by atoms with Crippen LogP contribution in [0.4, 0.5) is 8.78 Å². The van der Waals surface area contributed by atoms with Gasteiger partial charge in [0.1, 0.15) is 0 Å². The second-order valence-corrected chi connectivity index (χ2v) is 3.43. The number of aliphatic hydroxyl groups is 1. The average Bonchev–Trinajstić information content (AvgIpc) is 2.64. The largest absolute Gasteiger partial charge is 0.396 e. The molecule has 0 aliphatic carbocycles. The van der Waals surface area contributed by atoms with Crippen molar-refractivity contribution in [2.45, 2.75) is 12.3 Å². The normalized spacial score (nSPS) is 12.2. The molecule has 1 aromatic carbocycles. The van der Waals surface area contributed by atoms with E-state index in [1.165, 1.54) is 6.07 Å². The van der Waals surface area contributed by atoms with E-state index in [1.54, 1.807) is 24.4 Å². The monoisotopic (exact) mass is 211 g/mol. The van der Waals surface area contributed by atoms with E-state index < -0.39 is 19.0 Å². The van der Waals surface area contributed by atoms with E-state index in [1.807, 2.05) is 0 Å². The molecule has 2 nitrogen and oxygen atoms in total. The molecule has 4 heteroatoms. The molecule has 2 rings (SSSR count). The zero-order chi connectivity index (χ0) is 10.9. The number of para-hydroxylation sites is 1. The fraction of sp³-hybridized carbons (Fsp3) is 0.273. The summed E-state index contributed by atoms with van der Waals surface area (Å²) in [5.41, 5.74) is 0.384. The minimum absolute atomic E-state index is 0.0564. The molecule has 0 amide bonds. The summed E-state index contributed by atoms with van der Waals surface area (Å²) >= 11 is 0. The van der Waals surface area contributed by atoms with Gasteiger partial charge in [-0.2, -0.15) is 0 Å². The molecule has 0 unspecified atom stereocenters. The lowest BCUT2D eigenvalue weighted by Gasteiger charge is -2.16. The Labute approximate surface area is 85.5 Å². The quantitative estimate of drug-likeness (QED) is 0.804. The van der Waals surface area contributed by atoms with Gasteiger partial charge >= 0.3 is 0 Å². The van der Waals surface area contributed by atoms with E-state index in [-0.39, 0.29) is 5.56 Å². The van der Waals surface area contributed by atoms with E-state index in [9.17, 15) is 8.78 Å². The molecule has 0 spiro atoms. The molecule has 0 radical (unpaired) electrons. The van der Waals surface area contributed by atoms with Crippen molar-refractivity contribution < 1.29 is 13.9 Å². The number of hydrogen-bond donors (Lipinski definition) is 2. The number of aromatic amines is 1. The molecule has 1 aromatic heterocycles.